The number of hydrogen-bond acceptors (Lipinski definition) is 30. The quantitative estimate of drug-likeness (QED) is 0.0132. The number of nitrogens with zero attached hydrogens (tertiary/aromatic N) is 16. The topological polar surface area (TPSA) is 455 Å². The zero-order valence-electron chi connectivity index (χ0n) is 76.8. The number of amides is 3. The molecule has 2 aromatic carbocycles. The number of nitrogens with one attached hydrogen (secondary N) is 1. The number of aliphatic hydroxyl groups is 2. The Balaban J connectivity index is 0.556. The number of piperidine rings is 1. The fourth-order valence-electron chi connectivity index (χ4n) is 18.5. The van der Waals surface area contributed by atoms with E-state index in [2.05, 4.69) is 51.9 Å². The van der Waals surface area contributed by atoms with Gasteiger partial charge in [-0.3, -0.25) is 28.8 Å². The van der Waals surface area contributed by atoms with Crippen LogP contribution in [0.5, 0.6) is 0 Å². The summed E-state index contributed by atoms with van der Waals surface area (Å²) in [5, 5.41) is 50.0. The number of esters is 1. The van der Waals surface area contributed by atoms with E-state index < -0.39 is 83.7 Å². The number of ketones is 3. The van der Waals surface area contributed by atoms with E-state index in [1.165, 1.54) is 18.3 Å². The zero-order chi connectivity index (χ0) is 93.0. The van der Waals surface area contributed by atoms with Gasteiger partial charge in [0.05, 0.1) is 80.3 Å². The number of aromatic nitrogens is 13. The zero-order valence-corrected chi connectivity index (χ0v) is 76.8. The molecular weight excluding hydrogens is 1680 g/mol. The van der Waals surface area contributed by atoms with Crippen LogP contribution in [0.15, 0.2) is 126 Å². The number of ether oxygens (including phenoxy) is 7. The number of rotatable bonds is 28. The van der Waals surface area contributed by atoms with Gasteiger partial charge in [0.2, 0.25) is 23.5 Å². The van der Waals surface area contributed by atoms with Gasteiger partial charge < -0.3 is 79.3 Å². The first-order chi connectivity index (χ1) is 63.2. The SMILES string of the molecule is CO[C@H]1C[C@@H]2CC[C@@H](C)[C@@](O)(O2)C(=O)C(=O)N2CCCC[C@H]2C(=O)O[C@H]([C@H](C)C[C@@H]2CCC(n3nncc3-c3cccc(-c4cnc(N5CCN(C(=O)CCc6cn(CCOCCOCCC(=O)NCCCCn7nc(-c8ccc9oc(N)nc9c8)c8c(N)ncnc87)nn6)CC5)nc4)c3)[C@H](OC)C2)CC(=O)[C@H](C)/C=C(\C)[C@@H](O)[C@@H](OC)C(=O)[C@H](C)C[C@H](C)/C=C/C=C/C=C/1C. The van der Waals surface area contributed by atoms with E-state index in [0.717, 1.165) is 46.4 Å². The number of Topliss-reactive ketones (excluding diaryl/α,β-unsaturated/α-hetero) is 3. The average molecular weight is 1810 g/mol. The Labute approximate surface area is 763 Å². The lowest BCUT2D eigenvalue weighted by Crippen LogP contribution is -2.61. The van der Waals surface area contributed by atoms with Crippen LogP contribution in [-0.4, -0.2) is 261 Å². The van der Waals surface area contributed by atoms with Crippen molar-refractivity contribution in [3.05, 3.63) is 127 Å². The van der Waals surface area contributed by atoms with Crippen molar-refractivity contribution in [3.8, 4) is 33.6 Å². The molecule has 3 amide bonds. The molecule has 36 nitrogen and oxygen atoms in total. The van der Waals surface area contributed by atoms with Crippen molar-refractivity contribution < 1.29 is 81.4 Å². The Morgan fingerprint density at radius 1 is 0.763 bits per heavy atom. The number of methoxy groups -OCH3 is 3. The molecule has 13 rings (SSSR count). The number of anilines is 3. The van der Waals surface area contributed by atoms with E-state index in [9.17, 15) is 43.8 Å². The number of carbonyl (C=O) groups is 7. The molecule has 1 aliphatic carbocycles. The number of allylic oxidation sites excluding steroid dienone is 6. The van der Waals surface area contributed by atoms with Gasteiger partial charge in [0, 0.05) is 152 Å². The number of unbranched alkanes of at least 4 members (excludes halogenated alkanes) is 1. The third kappa shape index (κ3) is 24.6. The minimum Gasteiger partial charge on any atom is -0.460 e. The highest BCUT2D eigenvalue weighted by atomic mass is 16.6. The number of aryl methyl sites for hydroxylation is 2. The number of fused-ring (bicyclic) bond motifs is 5. The van der Waals surface area contributed by atoms with Crippen LogP contribution in [0.4, 0.5) is 17.8 Å². The minimum atomic E-state index is -2.48. The maximum Gasteiger partial charge on any atom is 0.329 e. The molecule has 3 saturated heterocycles. The Morgan fingerprint density at radius 3 is 2.33 bits per heavy atom. The highest BCUT2D eigenvalue weighted by molar-refractivity contribution is 6.39. The Kier molecular flexibility index (Phi) is 34.0. The van der Waals surface area contributed by atoms with Crippen LogP contribution in [-0.2, 0) is 86.2 Å². The lowest BCUT2D eigenvalue weighted by molar-refractivity contribution is -0.265. The lowest BCUT2D eigenvalue weighted by Gasteiger charge is -2.42. The Hall–Kier alpha value is -11.3. The predicted molar refractivity (Wildman–Crippen MR) is 487 cm³/mol. The molecule has 4 aliphatic heterocycles. The summed E-state index contributed by atoms with van der Waals surface area (Å²) in [6.07, 6.45) is 22.2. The second-order valence-corrected chi connectivity index (χ2v) is 35.6. The van der Waals surface area contributed by atoms with Crippen molar-refractivity contribution in [2.75, 3.05) is 103 Å². The van der Waals surface area contributed by atoms with Gasteiger partial charge in [0.1, 0.15) is 53.5 Å². The molecule has 6 aromatic heterocycles. The molecule has 0 spiro atoms. The van der Waals surface area contributed by atoms with Crippen molar-refractivity contribution in [2.45, 2.75) is 225 Å². The predicted octanol–water partition coefficient (Wildman–Crippen LogP) is 9.78. The Bertz CT molecular complexity index is 5370. The van der Waals surface area contributed by atoms with Gasteiger partial charge in [-0.1, -0.05) is 99.7 Å². The smallest absolute Gasteiger partial charge is 0.329 e. The van der Waals surface area contributed by atoms with Crippen molar-refractivity contribution in [2.24, 2.45) is 35.5 Å². The molecule has 1 saturated carbocycles. The van der Waals surface area contributed by atoms with E-state index in [4.69, 9.17) is 64.1 Å². The van der Waals surface area contributed by atoms with E-state index in [1.807, 2.05) is 104 Å². The third-order valence-corrected chi connectivity index (χ3v) is 26.3. The lowest BCUT2D eigenvalue weighted by atomic mass is 9.77. The second kappa shape index (κ2) is 45.7. The minimum absolute atomic E-state index is 0.0195. The van der Waals surface area contributed by atoms with Crippen molar-refractivity contribution >= 4 is 81.0 Å². The van der Waals surface area contributed by atoms with E-state index in [1.54, 1.807) is 75.1 Å². The number of aliphatic hydroxyl groups excluding tert-OH is 1. The first kappa shape index (κ1) is 97.3. The summed E-state index contributed by atoms with van der Waals surface area (Å²) in [6.45, 7) is 17.7. The molecule has 2 bridgehead atoms. The molecule has 1 unspecified atom stereocenters. The summed E-state index contributed by atoms with van der Waals surface area (Å²) in [6, 6.07) is 12.2. The van der Waals surface area contributed by atoms with E-state index in [0.29, 0.717) is 181 Å². The maximum absolute atomic E-state index is 15.0. The molecular formula is C95H127N19O17. The summed E-state index contributed by atoms with van der Waals surface area (Å²) >= 11 is 0. The molecule has 8 aromatic rings. The van der Waals surface area contributed by atoms with Gasteiger partial charge >= 0.3 is 5.97 Å². The van der Waals surface area contributed by atoms with Crippen molar-refractivity contribution in [1.29, 1.82) is 0 Å². The maximum atomic E-state index is 15.0. The molecule has 5 aliphatic rings. The van der Waals surface area contributed by atoms with Gasteiger partial charge in [-0.05, 0) is 150 Å². The van der Waals surface area contributed by atoms with Crippen LogP contribution in [0, 0.1) is 35.5 Å². The largest absolute Gasteiger partial charge is 0.460 e. The van der Waals surface area contributed by atoms with Crippen molar-refractivity contribution in [1.82, 2.24) is 79.8 Å². The number of nitrogens with two attached hydrogens (primary N) is 2. The molecule has 4 fully saturated rings. The molecule has 0 radical (unpaired) electrons. The number of nitrogen functional groups attached to an aromatic ring is 2. The van der Waals surface area contributed by atoms with Gasteiger partial charge in [-0.2, -0.15) is 10.1 Å². The number of hydrogen-bond donors (Lipinski definition) is 5. The highest BCUT2D eigenvalue weighted by Gasteiger charge is 2.53. The number of oxazole rings is 1. The summed E-state index contributed by atoms with van der Waals surface area (Å²) in [5.41, 5.74) is 20.5. The first-order valence-corrected chi connectivity index (χ1v) is 46.0. The van der Waals surface area contributed by atoms with E-state index in [-0.39, 0.29) is 98.6 Å². The first-order valence-electron chi connectivity index (χ1n) is 46.0. The van der Waals surface area contributed by atoms with Gasteiger partial charge in [0.25, 0.3) is 17.7 Å². The van der Waals surface area contributed by atoms with Crippen LogP contribution >= 0.6 is 0 Å². The monoisotopic (exact) mass is 1810 g/mol. The second-order valence-electron chi connectivity index (χ2n) is 35.6. The normalized spacial score (nSPS) is 26.7. The summed E-state index contributed by atoms with van der Waals surface area (Å²) in [7, 11) is 4.63. The number of cyclic esters (lactones) is 1. The molecule has 36 heteroatoms. The summed E-state index contributed by atoms with van der Waals surface area (Å²) in [4.78, 5) is 127. The van der Waals surface area contributed by atoms with Crippen LogP contribution < -0.4 is 21.7 Å². The average Bonchev–Trinajstić information content (AvgIpc) is 1.30. The summed E-state index contributed by atoms with van der Waals surface area (Å²) < 4.78 is 53.0. The molecule has 10 heterocycles. The summed E-state index contributed by atoms with van der Waals surface area (Å²) in [5.74, 6) is -7.72. The number of benzene rings is 2. The fraction of sp³-hybridized carbons (Fsp3) is 0.568. The Morgan fingerprint density at radius 2 is 1.55 bits per heavy atom. The van der Waals surface area contributed by atoms with Crippen LogP contribution in [0.3, 0.4) is 0 Å². The van der Waals surface area contributed by atoms with Gasteiger partial charge in [-0.25, -0.2) is 38.8 Å². The van der Waals surface area contributed by atoms with Crippen LogP contribution in [0.25, 0.3) is 55.8 Å². The van der Waals surface area contributed by atoms with Crippen molar-refractivity contribution in [3.63, 3.8) is 0 Å². The van der Waals surface area contributed by atoms with Crippen LogP contribution in [0.2, 0.25) is 0 Å². The van der Waals surface area contributed by atoms with E-state index >= 15 is 0 Å². The third-order valence-electron chi connectivity index (χ3n) is 26.3. The fourth-order valence-corrected chi connectivity index (χ4v) is 18.5. The molecule has 7 N–H and O–H groups in total. The standard InChI is InChI=1S/C95H127N19O17/c1-58-19-12-11-13-20-59(2)78(124-8)51-71-28-24-64(7)95(123,131-71)88(120)91(121)112-34-16-14-23-74(112)92(122)129-79(52-76(115)60(3)46-63(6)86(119)87(126-10)85(118)62(5)45-58)61(4)47-65-25-29-73(80(48-65)125-9)114-75(55-103-107-114)67-22-18-21-66(49-67)69-53-99-94(100-54-69)110-38-36-109(37-39-110)82(117)31-27-70-56-111(108-105-70)40-42-128-44-43-127-41-32-81(116)98-33-15-17-35-113-90-83(89(96)101-57-102-90)84(106-113)68-26-30-77-72(50-68)104-93(97)130-77/h11-13,18-22,26,30,46,49-50,53-58,60-62,64-65,71,73-74,78-80,86-87,119,123H,14-17,23-25,27-29,31-45,47-48,51-52H2,1-10H3,(H2,97,104)(H,98,116)(H2,96,101,102)/b13-11+,19-12+,59-20+,63-46+/t58-,60-,61-,62-,64-,65+,71+,73?,74+,78+,79+,80-,86-,87+,95-/m1/s1. The highest BCUT2D eigenvalue weighted by Crippen LogP contribution is 2.43. The number of piperazine rings is 1. The molecule has 15 atom stereocenters. The van der Waals surface area contributed by atoms with Gasteiger partial charge in [-0.15, -0.1) is 10.2 Å². The molecule has 704 valence electrons. The van der Waals surface area contributed by atoms with Crippen LogP contribution in [0.1, 0.15) is 163 Å². The van der Waals surface area contributed by atoms with Gasteiger partial charge in [0.15, 0.2) is 17.0 Å². The molecule has 131 heavy (non-hydrogen) atoms. The number of carbonyl (C=O) groups excluding carboxylic acids is 7.